The van der Waals surface area contributed by atoms with Crippen LogP contribution in [-0.4, -0.2) is 36.4 Å². The van der Waals surface area contributed by atoms with Gasteiger partial charge in [0.25, 0.3) is 0 Å². The van der Waals surface area contributed by atoms with Crippen LogP contribution in [0.25, 0.3) is 0 Å². The molecule has 0 bridgehead atoms. The third-order valence-electron chi connectivity index (χ3n) is 3.57. The molecule has 1 aliphatic rings. The standard InChI is InChI=1S/C14H16N2O4S/c15-9-11-5-1-2-6-12(11)10-21(19,20)16-8-4-3-7-13(16)14(17)18/h1-2,5-6,13H,3-4,7-8,10H2,(H,17,18)/t13-/m0/s1. The maximum Gasteiger partial charge on any atom is 0.322 e. The fourth-order valence-corrected chi connectivity index (χ4v) is 4.32. The van der Waals surface area contributed by atoms with Crippen molar-refractivity contribution in [3.05, 3.63) is 35.4 Å². The van der Waals surface area contributed by atoms with Gasteiger partial charge in [0.1, 0.15) is 6.04 Å². The zero-order valence-electron chi connectivity index (χ0n) is 11.4. The van der Waals surface area contributed by atoms with E-state index in [0.717, 1.165) is 4.31 Å². The Labute approximate surface area is 123 Å². The number of nitrogens with zero attached hydrogens (tertiary/aromatic N) is 2. The van der Waals surface area contributed by atoms with Crippen molar-refractivity contribution in [2.45, 2.75) is 31.1 Å². The second-order valence-corrected chi connectivity index (χ2v) is 6.91. The minimum atomic E-state index is -3.76. The molecule has 6 nitrogen and oxygen atoms in total. The predicted octanol–water partition coefficient (Wildman–Crippen LogP) is 1.33. The van der Waals surface area contributed by atoms with Crippen LogP contribution in [0.2, 0.25) is 0 Å². The van der Waals surface area contributed by atoms with Crippen LogP contribution < -0.4 is 0 Å². The minimum Gasteiger partial charge on any atom is -0.480 e. The van der Waals surface area contributed by atoms with Crippen LogP contribution in [0.5, 0.6) is 0 Å². The van der Waals surface area contributed by atoms with E-state index < -0.39 is 22.0 Å². The maximum absolute atomic E-state index is 12.5. The summed E-state index contributed by atoms with van der Waals surface area (Å²) in [5, 5.41) is 18.2. The number of rotatable bonds is 4. The highest BCUT2D eigenvalue weighted by Gasteiger charge is 2.36. The van der Waals surface area contributed by atoms with Crippen LogP contribution in [0, 0.1) is 11.3 Å². The summed E-state index contributed by atoms with van der Waals surface area (Å²) in [5.41, 5.74) is 0.694. The first-order chi connectivity index (χ1) is 9.95. The van der Waals surface area contributed by atoms with Crippen molar-refractivity contribution >= 4 is 16.0 Å². The van der Waals surface area contributed by atoms with E-state index in [0.29, 0.717) is 30.4 Å². The van der Waals surface area contributed by atoms with Crippen LogP contribution in [0.3, 0.4) is 0 Å². The zero-order chi connectivity index (χ0) is 15.5. The Morgan fingerprint density at radius 2 is 2.10 bits per heavy atom. The second-order valence-electron chi connectivity index (χ2n) is 4.99. The van der Waals surface area contributed by atoms with Crippen molar-refractivity contribution in [1.82, 2.24) is 4.31 Å². The molecule has 1 aromatic carbocycles. The van der Waals surface area contributed by atoms with Crippen LogP contribution >= 0.6 is 0 Å². The lowest BCUT2D eigenvalue weighted by atomic mass is 10.1. The Morgan fingerprint density at radius 3 is 2.76 bits per heavy atom. The van der Waals surface area contributed by atoms with Crippen molar-refractivity contribution < 1.29 is 18.3 Å². The summed E-state index contributed by atoms with van der Waals surface area (Å²) in [6.07, 6.45) is 1.69. The molecule has 1 heterocycles. The van der Waals surface area contributed by atoms with Crippen molar-refractivity contribution in [2.75, 3.05) is 6.54 Å². The highest BCUT2D eigenvalue weighted by Crippen LogP contribution is 2.24. The van der Waals surface area contributed by atoms with Gasteiger partial charge in [-0.1, -0.05) is 18.2 Å². The first-order valence-corrected chi connectivity index (χ1v) is 8.27. The number of carbonyl (C=O) groups is 1. The molecule has 0 radical (unpaired) electrons. The fourth-order valence-electron chi connectivity index (χ4n) is 2.52. The van der Waals surface area contributed by atoms with Gasteiger partial charge in [-0.2, -0.15) is 9.57 Å². The molecule has 0 aliphatic carbocycles. The molecule has 0 unspecified atom stereocenters. The summed E-state index contributed by atoms with van der Waals surface area (Å²) in [5.74, 6) is -1.47. The molecule has 7 heteroatoms. The van der Waals surface area contributed by atoms with E-state index in [-0.39, 0.29) is 12.3 Å². The molecule has 112 valence electrons. The third kappa shape index (κ3) is 3.40. The van der Waals surface area contributed by atoms with Gasteiger partial charge in [0.05, 0.1) is 17.4 Å². The Morgan fingerprint density at radius 1 is 1.38 bits per heavy atom. The Balaban J connectivity index is 2.29. The first kappa shape index (κ1) is 15.5. The first-order valence-electron chi connectivity index (χ1n) is 6.66. The molecular weight excluding hydrogens is 292 g/mol. The molecule has 1 fully saturated rings. The number of carboxylic acids is 1. The Kier molecular flexibility index (Phi) is 4.60. The largest absolute Gasteiger partial charge is 0.480 e. The molecule has 0 saturated carbocycles. The monoisotopic (exact) mass is 308 g/mol. The highest BCUT2D eigenvalue weighted by atomic mass is 32.2. The van der Waals surface area contributed by atoms with Gasteiger partial charge < -0.3 is 5.11 Å². The molecule has 1 N–H and O–H groups in total. The molecule has 0 spiro atoms. The number of sulfonamides is 1. The van der Waals surface area contributed by atoms with Gasteiger partial charge in [-0.25, -0.2) is 8.42 Å². The highest BCUT2D eigenvalue weighted by molar-refractivity contribution is 7.88. The van der Waals surface area contributed by atoms with Gasteiger partial charge in [0.2, 0.25) is 10.0 Å². The topological polar surface area (TPSA) is 98.5 Å². The molecule has 0 aromatic heterocycles. The van der Waals surface area contributed by atoms with Gasteiger partial charge >= 0.3 is 5.97 Å². The lowest BCUT2D eigenvalue weighted by molar-refractivity contribution is -0.142. The van der Waals surface area contributed by atoms with E-state index >= 15 is 0 Å². The molecule has 21 heavy (non-hydrogen) atoms. The van der Waals surface area contributed by atoms with Crippen molar-refractivity contribution in [3.63, 3.8) is 0 Å². The number of aliphatic carboxylic acids is 1. The number of nitriles is 1. The molecule has 1 saturated heterocycles. The molecule has 1 aliphatic heterocycles. The minimum absolute atomic E-state index is 0.216. The second kappa shape index (κ2) is 6.24. The summed E-state index contributed by atoms with van der Waals surface area (Å²) in [7, 11) is -3.76. The van der Waals surface area contributed by atoms with Gasteiger partial charge in [-0.3, -0.25) is 4.79 Å². The number of piperidine rings is 1. The van der Waals surface area contributed by atoms with Crippen LogP contribution in [0.1, 0.15) is 30.4 Å². The average Bonchev–Trinajstić information content (AvgIpc) is 2.47. The lowest BCUT2D eigenvalue weighted by Gasteiger charge is -2.31. The Bertz CT molecular complexity index is 678. The normalized spacial score (nSPS) is 19.9. The van der Waals surface area contributed by atoms with E-state index in [4.69, 9.17) is 5.26 Å². The number of benzene rings is 1. The smallest absolute Gasteiger partial charge is 0.322 e. The summed E-state index contributed by atoms with van der Waals surface area (Å²) in [4.78, 5) is 11.2. The van der Waals surface area contributed by atoms with E-state index in [1.54, 1.807) is 24.3 Å². The number of carboxylic acid groups (broad SMARTS) is 1. The fraction of sp³-hybridized carbons (Fsp3) is 0.429. The summed E-state index contributed by atoms with van der Waals surface area (Å²) in [6.45, 7) is 0.216. The number of hydrogen-bond donors (Lipinski definition) is 1. The molecule has 1 atom stereocenters. The van der Waals surface area contributed by atoms with E-state index in [1.165, 1.54) is 0 Å². The lowest BCUT2D eigenvalue weighted by Crippen LogP contribution is -2.48. The maximum atomic E-state index is 12.5. The van der Waals surface area contributed by atoms with Gasteiger partial charge in [0, 0.05) is 6.54 Å². The average molecular weight is 308 g/mol. The summed E-state index contributed by atoms with van der Waals surface area (Å²) in [6, 6.07) is 7.41. The van der Waals surface area contributed by atoms with Gasteiger partial charge in [0.15, 0.2) is 0 Å². The quantitative estimate of drug-likeness (QED) is 0.904. The SMILES string of the molecule is N#Cc1ccccc1CS(=O)(=O)N1CCCC[C@H]1C(=O)O. The van der Waals surface area contributed by atoms with Gasteiger partial charge in [-0.15, -0.1) is 0 Å². The van der Waals surface area contributed by atoms with Crippen LogP contribution in [-0.2, 0) is 20.6 Å². The van der Waals surface area contributed by atoms with E-state index in [1.807, 2.05) is 6.07 Å². The van der Waals surface area contributed by atoms with Crippen LogP contribution in [0.4, 0.5) is 0 Å². The molecule has 0 amide bonds. The Hall–Kier alpha value is -1.91. The molecule has 1 aromatic rings. The summed E-state index contributed by atoms with van der Waals surface area (Å²) < 4.78 is 26.0. The van der Waals surface area contributed by atoms with Crippen molar-refractivity contribution in [1.29, 1.82) is 5.26 Å². The summed E-state index contributed by atoms with van der Waals surface area (Å²) >= 11 is 0. The van der Waals surface area contributed by atoms with E-state index in [2.05, 4.69) is 0 Å². The van der Waals surface area contributed by atoms with Gasteiger partial charge in [-0.05, 0) is 30.9 Å². The number of hydrogen-bond acceptors (Lipinski definition) is 4. The van der Waals surface area contributed by atoms with Crippen LogP contribution in [0.15, 0.2) is 24.3 Å². The molecular formula is C14H16N2O4S. The van der Waals surface area contributed by atoms with E-state index in [9.17, 15) is 18.3 Å². The predicted molar refractivity (Wildman–Crippen MR) is 75.8 cm³/mol. The van der Waals surface area contributed by atoms with Crippen molar-refractivity contribution in [3.8, 4) is 6.07 Å². The third-order valence-corrected chi connectivity index (χ3v) is 5.40. The zero-order valence-corrected chi connectivity index (χ0v) is 12.2. The van der Waals surface area contributed by atoms with Crippen molar-refractivity contribution in [2.24, 2.45) is 0 Å². The molecule has 2 rings (SSSR count).